The molecule has 5 rings (SSSR count). The predicted octanol–water partition coefficient (Wildman–Crippen LogP) is 3.34. The van der Waals surface area contributed by atoms with E-state index < -0.39 is 6.10 Å². The van der Waals surface area contributed by atoms with Gasteiger partial charge in [0.1, 0.15) is 5.01 Å². The van der Waals surface area contributed by atoms with Crippen molar-refractivity contribution in [2.75, 3.05) is 39.4 Å². The molecule has 6 atom stereocenters. The van der Waals surface area contributed by atoms with Crippen LogP contribution in [-0.4, -0.2) is 71.4 Å². The largest absolute Gasteiger partial charge is 0.392 e. The molecule has 2 N–H and O–H groups in total. The lowest BCUT2D eigenvalue weighted by Gasteiger charge is -2.53. The Labute approximate surface area is 212 Å². The number of thiazole rings is 1. The molecule has 2 aromatic heterocycles. The number of rotatable bonds is 6. The van der Waals surface area contributed by atoms with Gasteiger partial charge in [-0.05, 0) is 48.6 Å². The zero-order chi connectivity index (χ0) is 24.6. The van der Waals surface area contributed by atoms with Crippen molar-refractivity contribution in [3.63, 3.8) is 0 Å². The lowest BCUT2D eigenvalue weighted by Crippen LogP contribution is -2.53. The number of hydrogen-bond acceptors (Lipinski definition) is 7. The first-order valence-corrected chi connectivity index (χ1v) is 13.8. The summed E-state index contributed by atoms with van der Waals surface area (Å²) in [5, 5.41) is 15.8. The van der Waals surface area contributed by atoms with Gasteiger partial charge in [0, 0.05) is 60.8 Å². The molecule has 3 aliphatic rings. The Bertz CT molecular complexity index is 1020. The molecule has 1 saturated heterocycles. The molecule has 0 aromatic carbocycles. The zero-order valence-corrected chi connectivity index (χ0v) is 21.9. The van der Waals surface area contributed by atoms with E-state index in [0.717, 1.165) is 68.4 Å². The van der Waals surface area contributed by atoms with E-state index in [0.29, 0.717) is 6.54 Å². The van der Waals surface area contributed by atoms with E-state index >= 15 is 0 Å². The summed E-state index contributed by atoms with van der Waals surface area (Å²) in [6.07, 6.45) is 5.98. The van der Waals surface area contributed by atoms with Crippen LogP contribution in [0.3, 0.4) is 0 Å². The number of hydrogen-bond donors (Lipinski definition) is 2. The highest BCUT2D eigenvalue weighted by molar-refractivity contribution is 7.15. The third-order valence-corrected chi connectivity index (χ3v) is 9.84. The first kappa shape index (κ1) is 24.8. The van der Waals surface area contributed by atoms with Crippen LogP contribution in [0.15, 0.2) is 24.5 Å². The third-order valence-electron chi connectivity index (χ3n) is 8.72. The van der Waals surface area contributed by atoms with Gasteiger partial charge in [-0.2, -0.15) is 0 Å². The Balaban J connectivity index is 1.27. The van der Waals surface area contributed by atoms with Crippen molar-refractivity contribution >= 4 is 17.2 Å². The standard InChI is InChI=1S/C27H38N4O3S/c1-17(25(33)29-9-10-31-11-13-34-14-12-31)20-6-7-27(3)15-21-23(18(2)22(27)24(20)32)30-26(35-21)19-5-4-8-28-16-19/h4-5,8,16-18,20,22,24,32H,6-7,9-15H2,1-3H3,(H,29,33). The fourth-order valence-corrected chi connectivity index (χ4v) is 8.03. The maximum atomic E-state index is 13.0. The lowest BCUT2D eigenvalue weighted by molar-refractivity contribution is -0.134. The second kappa shape index (κ2) is 10.2. The van der Waals surface area contributed by atoms with Crippen molar-refractivity contribution in [1.82, 2.24) is 20.2 Å². The van der Waals surface area contributed by atoms with Crippen LogP contribution in [0, 0.1) is 23.2 Å². The van der Waals surface area contributed by atoms with Crippen molar-refractivity contribution in [2.45, 2.75) is 52.1 Å². The first-order chi connectivity index (χ1) is 16.9. The number of fused-ring (bicyclic) bond motifs is 2. The van der Waals surface area contributed by atoms with Crippen LogP contribution in [0.2, 0.25) is 0 Å². The summed E-state index contributed by atoms with van der Waals surface area (Å²) in [7, 11) is 0. The maximum Gasteiger partial charge on any atom is 0.223 e. The minimum absolute atomic E-state index is 0.0214. The normalized spacial score (nSPS) is 31.9. The fourth-order valence-electron chi connectivity index (χ4n) is 6.68. The molecule has 7 nitrogen and oxygen atoms in total. The number of carbonyl (C=O) groups excluding carboxylic acids is 1. The van der Waals surface area contributed by atoms with Crippen LogP contribution >= 0.6 is 11.3 Å². The van der Waals surface area contributed by atoms with E-state index in [9.17, 15) is 9.90 Å². The highest BCUT2D eigenvalue weighted by Crippen LogP contribution is 2.57. The maximum absolute atomic E-state index is 13.0. The molecule has 2 aromatic rings. The van der Waals surface area contributed by atoms with Crippen molar-refractivity contribution < 1.29 is 14.6 Å². The van der Waals surface area contributed by atoms with Gasteiger partial charge in [0.05, 0.1) is 25.0 Å². The Morgan fingerprint density at radius 2 is 2.20 bits per heavy atom. The second-order valence-corrected chi connectivity index (χ2v) is 12.0. The number of morpholine rings is 1. The number of aliphatic hydroxyl groups is 1. The Kier molecular flexibility index (Phi) is 7.26. The molecule has 35 heavy (non-hydrogen) atoms. The number of aromatic nitrogens is 2. The van der Waals surface area contributed by atoms with E-state index in [2.05, 4.69) is 35.1 Å². The molecular weight excluding hydrogens is 460 g/mol. The molecule has 190 valence electrons. The Morgan fingerprint density at radius 1 is 1.40 bits per heavy atom. The van der Waals surface area contributed by atoms with Gasteiger partial charge < -0.3 is 15.2 Å². The third kappa shape index (κ3) is 4.90. The topological polar surface area (TPSA) is 87.6 Å². The van der Waals surface area contributed by atoms with Crippen LogP contribution in [0.5, 0.6) is 0 Å². The monoisotopic (exact) mass is 498 g/mol. The van der Waals surface area contributed by atoms with Crippen LogP contribution in [0.25, 0.3) is 10.6 Å². The summed E-state index contributed by atoms with van der Waals surface area (Å²) in [6.45, 7) is 11.4. The van der Waals surface area contributed by atoms with Crippen molar-refractivity contribution in [2.24, 2.45) is 23.2 Å². The SMILES string of the molecule is CC(C(=O)NCCN1CCOCC1)C1CCC2(C)Cc3sc(-c4cccnc4)nc3C(C)C2C1O. The molecule has 2 fully saturated rings. The fraction of sp³-hybridized carbons (Fsp3) is 0.667. The summed E-state index contributed by atoms with van der Waals surface area (Å²) in [5.41, 5.74) is 2.19. The van der Waals surface area contributed by atoms with Gasteiger partial charge in [-0.1, -0.05) is 20.8 Å². The molecule has 2 aliphatic carbocycles. The minimum atomic E-state index is -0.513. The van der Waals surface area contributed by atoms with Gasteiger partial charge in [-0.15, -0.1) is 11.3 Å². The van der Waals surface area contributed by atoms with Gasteiger partial charge in [-0.25, -0.2) is 4.98 Å². The van der Waals surface area contributed by atoms with Gasteiger partial charge >= 0.3 is 0 Å². The van der Waals surface area contributed by atoms with Crippen molar-refractivity contribution in [3.8, 4) is 10.6 Å². The summed E-state index contributed by atoms with van der Waals surface area (Å²) in [4.78, 5) is 26.0. The quantitative estimate of drug-likeness (QED) is 0.635. The highest BCUT2D eigenvalue weighted by Gasteiger charge is 2.53. The number of amides is 1. The average Bonchev–Trinajstić information content (AvgIpc) is 3.29. The number of nitrogens with one attached hydrogen (secondary N) is 1. The summed E-state index contributed by atoms with van der Waals surface area (Å²) in [6, 6.07) is 4.00. The number of carbonyl (C=O) groups is 1. The summed E-state index contributed by atoms with van der Waals surface area (Å²) in [5.74, 6) is 0.0645. The lowest BCUT2D eigenvalue weighted by atomic mass is 9.53. The molecule has 1 saturated carbocycles. The van der Waals surface area contributed by atoms with Crippen LogP contribution in [0.4, 0.5) is 0 Å². The smallest absolute Gasteiger partial charge is 0.223 e. The van der Waals surface area contributed by atoms with E-state index in [4.69, 9.17) is 9.72 Å². The van der Waals surface area contributed by atoms with E-state index in [1.807, 2.05) is 19.2 Å². The Morgan fingerprint density at radius 3 is 2.94 bits per heavy atom. The number of aliphatic hydroxyl groups excluding tert-OH is 1. The first-order valence-electron chi connectivity index (χ1n) is 13.0. The number of nitrogens with zero attached hydrogens (tertiary/aromatic N) is 3. The van der Waals surface area contributed by atoms with Crippen molar-refractivity contribution in [3.05, 3.63) is 35.1 Å². The Hall–Kier alpha value is -1.87. The molecular formula is C27H38N4O3S. The zero-order valence-electron chi connectivity index (χ0n) is 21.1. The molecule has 1 amide bonds. The average molecular weight is 499 g/mol. The van der Waals surface area contributed by atoms with Gasteiger partial charge in [0.15, 0.2) is 0 Å². The van der Waals surface area contributed by atoms with Gasteiger partial charge in [0.25, 0.3) is 0 Å². The van der Waals surface area contributed by atoms with Crippen LogP contribution < -0.4 is 5.32 Å². The highest BCUT2D eigenvalue weighted by atomic mass is 32.1. The second-order valence-electron chi connectivity index (χ2n) is 10.9. The van der Waals surface area contributed by atoms with Gasteiger partial charge in [0.2, 0.25) is 5.91 Å². The molecule has 0 bridgehead atoms. The molecule has 0 radical (unpaired) electrons. The van der Waals surface area contributed by atoms with Crippen LogP contribution in [0.1, 0.15) is 50.1 Å². The van der Waals surface area contributed by atoms with E-state index in [1.165, 1.54) is 4.88 Å². The predicted molar refractivity (Wildman–Crippen MR) is 137 cm³/mol. The minimum Gasteiger partial charge on any atom is -0.392 e. The van der Waals surface area contributed by atoms with E-state index in [-0.39, 0.29) is 35.0 Å². The van der Waals surface area contributed by atoms with E-state index in [1.54, 1.807) is 17.5 Å². The number of pyridine rings is 1. The molecule has 3 heterocycles. The summed E-state index contributed by atoms with van der Waals surface area (Å²) >= 11 is 1.77. The van der Waals surface area contributed by atoms with Crippen molar-refractivity contribution in [1.29, 1.82) is 0 Å². The summed E-state index contributed by atoms with van der Waals surface area (Å²) < 4.78 is 5.40. The molecule has 8 heteroatoms. The molecule has 0 spiro atoms. The van der Waals surface area contributed by atoms with Crippen LogP contribution in [-0.2, 0) is 16.0 Å². The molecule has 6 unspecified atom stereocenters. The van der Waals surface area contributed by atoms with Gasteiger partial charge in [-0.3, -0.25) is 14.7 Å². The number of ether oxygens (including phenoxy) is 1. The molecule has 1 aliphatic heterocycles.